The first-order chi connectivity index (χ1) is 8.22. The molecule has 0 saturated heterocycles. The summed E-state index contributed by atoms with van der Waals surface area (Å²) in [4.78, 5) is 22.1. The number of hydrogen-bond donors (Lipinski definition) is 1. The van der Waals surface area contributed by atoms with Crippen LogP contribution in [0.1, 0.15) is 37.7 Å². The summed E-state index contributed by atoms with van der Waals surface area (Å²) >= 11 is 0. The Balaban J connectivity index is 2.74. The topological polar surface area (TPSA) is 58.1 Å². The highest BCUT2D eigenvalue weighted by Crippen LogP contribution is 2.04. The van der Waals surface area contributed by atoms with Gasteiger partial charge in [-0.1, -0.05) is 6.92 Å². The summed E-state index contributed by atoms with van der Waals surface area (Å²) in [6, 6.07) is 0. The molecule has 0 unspecified atom stereocenters. The van der Waals surface area contributed by atoms with E-state index < -0.39 is 0 Å². The van der Waals surface area contributed by atoms with Gasteiger partial charge in [-0.05, 0) is 20.3 Å². The van der Waals surface area contributed by atoms with Gasteiger partial charge in [0.1, 0.15) is 11.5 Å². The number of carbonyl (C=O) groups is 1. The highest BCUT2D eigenvalue weighted by molar-refractivity contribution is 5.92. The van der Waals surface area contributed by atoms with Crippen LogP contribution in [0.4, 0.5) is 5.82 Å². The Morgan fingerprint density at radius 3 is 2.53 bits per heavy atom. The predicted octanol–water partition coefficient (Wildman–Crippen LogP) is 1.78. The van der Waals surface area contributed by atoms with Gasteiger partial charge in [0.2, 0.25) is 0 Å². The first kappa shape index (κ1) is 13.4. The molecule has 5 heteroatoms. The Kier molecular flexibility index (Phi) is 5.39. The van der Waals surface area contributed by atoms with E-state index in [4.69, 9.17) is 0 Å². The van der Waals surface area contributed by atoms with E-state index in [1.165, 1.54) is 6.20 Å². The molecule has 5 nitrogen and oxygen atoms in total. The van der Waals surface area contributed by atoms with Crippen molar-refractivity contribution in [1.82, 2.24) is 14.9 Å². The molecule has 1 N–H and O–H groups in total. The average molecular weight is 236 g/mol. The minimum atomic E-state index is -0.0510. The van der Waals surface area contributed by atoms with Gasteiger partial charge in [0.25, 0.3) is 5.91 Å². The number of nitrogens with one attached hydrogen (secondary N) is 1. The molecule has 0 bridgehead atoms. The number of aromatic nitrogens is 2. The van der Waals surface area contributed by atoms with Crippen LogP contribution in [0, 0.1) is 0 Å². The Bertz CT molecular complexity index is 350. The molecule has 0 aliphatic heterocycles. The monoisotopic (exact) mass is 236 g/mol. The third-order valence-electron chi connectivity index (χ3n) is 2.39. The van der Waals surface area contributed by atoms with Gasteiger partial charge < -0.3 is 10.2 Å². The Hall–Kier alpha value is -1.65. The smallest absolute Gasteiger partial charge is 0.274 e. The van der Waals surface area contributed by atoms with Crippen molar-refractivity contribution in [3.05, 3.63) is 18.1 Å². The summed E-state index contributed by atoms with van der Waals surface area (Å²) in [6.07, 6.45) is 4.07. The van der Waals surface area contributed by atoms with E-state index >= 15 is 0 Å². The molecular weight excluding hydrogens is 216 g/mol. The lowest BCUT2D eigenvalue weighted by atomic mass is 10.3. The zero-order chi connectivity index (χ0) is 12.7. The van der Waals surface area contributed by atoms with Gasteiger partial charge in [0, 0.05) is 19.6 Å². The average Bonchev–Trinajstić information content (AvgIpc) is 2.36. The van der Waals surface area contributed by atoms with Gasteiger partial charge in [-0.2, -0.15) is 0 Å². The van der Waals surface area contributed by atoms with Gasteiger partial charge in [0.15, 0.2) is 0 Å². The van der Waals surface area contributed by atoms with E-state index in [1.807, 2.05) is 13.8 Å². The van der Waals surface area contributed by atoms with Crippen molar-refractivity contribution in [3.63, 3.8) is 0 Å². The Morgan fingerprint density at radius 1 is 1.29 bits per heavy atom. The Morgan fingerprint density at radius 2 is 2.06 bits per heavy atom. The minimum Gasteiger partial charge on any atom is -0.369 e. The molecule has 1 aromatic heterocycles. The third-order valence-corrected chi connectivity index (χ3v) is 2.39. The lowest BCUT2D eigenvalue weighted by molar-refractivity contribution is 0.0758. The molecule has 0 atom stereocenters. The molecule has 0 fully saturated rings. The summed E-state index contributed by atoms with van der Waals surface area (Å²) in [5.74, 6) is 0.646. The molecule has 0 radical (unpaired) electrons. The first-order valence-corrected chi connectivity index (χ1v) is 6.08. The molecule has 94 valence electrons. The van der Waals surface area contributed by atoms with Crippen molar-refractivity contribution >= 4 is 11.7 Å². The summed E-state index contributed by atoms with van der Waals surface area (Å²) in [5.41, 5.74) is 0.405. The molecule has 17 heavy (non-hydrogen) atoms. The van der Waals surface area contributed by atoms with Crippen molar-refractivity contribution in [2.45, 2.75) is 27.2 Å². The van der Waals surface area contributed by atoms with E-state index in [0.717, 1.165) is 19.5 Å². The van der Waals surface area contributed by atoms with Crippen LogP contribution in [0.3, 0.4) is 0 Å². The second kappa shape index (κ2) is 6.83. The fourth-order valence-electron chi connectivity index (χ4n) is 1.55. The van der Waals surface area contributed by atoms with Crippen molar-refractivity contribution in [2.24, 2.45) is 0 Å². The lowest BCUT2D eigenvalue weighted by Gasteiger charge is -2.19. The highest BCUT2D eigenvalue weighted by atomic mass is 16.2. The van der Waals surface area contributed by atoms with Crippen molar-refractivity contribution in [2.75, 3.05) is 25.0 Å². The molecular formula is C12H20N4O. The van der Waals surface area contributed by atoms with Crippen LogP contribution in [0.15, 0.2) is 12.4 Å². The standard InChI is InChI=1S/C12H20N4O/c1-4-7-16(6-3)12(17)10-8-15-11(9-14-10)13-5-2/h8-9H,4-7H2,1-3H3,(H,13,15). The van der Waals surface area contributed by atoms with Crippen LogP contribution in [0.5, 0.6) is 0 Å². The molecule has 0 saturated carbocycles. The van der Waals surface area contributed by atoms with Gasteiger partial charge in [-0.15, -0.1) is 0 Å². The summed E-state index contributed by atoms with van der Waals surface area (Å²) < 4.78 is 0. The normalized spacial score (nSPS) is 10.1. The van der Waals surface area contributed by atoms with Gasteiger partial charge in [-0.3, -0.25) is 4.79 Å². The maximum absolute atomic E-state index is 12.0. The van der Waals surface area contributed by atoms with Crippen LogP contribution in [-0.4, -0.2) is 40.4 Å². The Labute approximate surface area is 102 Å². The van der Waals surface area contributed by atoms with Crippen molar-refractivity contribution in [3.8, 4) is 0 Å². The van der Waals surface area contributed by atoms with E-state index in [0.29, 0.717) is 18.1 Å². The van der Waals surface area contributed by atoms with Crippen LogP contribution in [-0.2, 0) is 0 Å². The summed E-state index contributed by atoms with van der Waals surface area (Å²) in [5, 5.41) is 3.04. The molecule has 0 aliphatic carbocycles. The third kappa shape index (κ3) is 3.69. The molecule has 0 aromatic carbocycles. The summed E-state index contributed by atoms with van der Waals surface area (Å²) in [7, 11) is 0. The van der Waals surface area contributed by atoms with Crippen LogP contribution < -0.4 is 5.32 Å². The number of anilines is 1. The predicted molar refractivity (Wildman–Crippen MR) is 68.1 cm³/mol. The minimum absolute atomic E-state index is 0.0510. The fourth-order valence-corrected chi connectivity index (χ4v) is 1.55. The van der Waals surface area contributed by atoms with Crippen LogP contribution >= 0.6 is 0 Å². The second-order valence-electron chi connectivity index (χ2n) is 3.70. The van der Waals surface area contributed by atoms with Gasteiger partial charge in [-0.25, -0.2) is 9.97 Å². The molecule has 0 aliphatic rings. The highest BCUT2D eigenvalue weighted by Gasteiger charge is 2.14. The molecule has 1 heterocycles. The number of hydrogen-bond acceptors (Lipinski definition) is 4. The van der Waals surface area contributed by atoms with Crippen molar-refractivity contribution < 1.29 is 4.79 Å². The van der Waals surface area contributed by atoms with Crippen molar-refractivity contribution in [1.29, 1.82) is 0 Å². The number of nitrogens with zero attached hydrogens (tertiary/aromatic N) is 3. The maximum atomic E-state index is 12.0. The van der Waals surface area contributed by atoms with Gasteiger partial charge >= 0.3 is 0 Å². The maximum Gasteiger partial charge on any atom is 0.274 e. The molecule has 0 spiro atoms. The van der Waals surface area contributed by atoms with E-state index in [-0.39, 0.29) is 5.91 Å². The van der Waals surface area contributed by atoms with E-state index in [2.05, 4.69) is 22.2 Å². The van der Waals surface area contributed by atoms with Crippen LogP contribution in [0.25, 0.3) is 0 Å². The zero-order valence-corrected chi connectivity index (χ0v) is 10.7. The molecule has 1 rings (SSSR count). The number of rotatable bonds is 6. The summed E-state index contributed by atoms with van der Waals surface area (Å²) in [6.45, 7) is 8.25. The zero-order valence-electron chi connectivity index (χ0n) is 10.7. The fraction of sp³-hybridized carbons (Fsp3) is 0.583. The SMILES string of the molecule is CCCN(CC)C(=O)c1cnc(NCC)cn1. The van der Waals surface area contributed by atoms with Crippen LogP contribution in [0.2, 0.25) is 0 Å². The van der Waals surface area contributed by atoms with E-state index in [1.54, 1.807) is 11.1 Å². The largest absolute Gasteiger partial charge is 0.369 e. The number of amides is 1. The quantitative estimate of drug-likeness (QED) is 0.818. The second-order valence-corrected chi connectivity index (χ2v) is 3.70. The molecule has 1 aromatic rings. The van der Waals surface area contributed by atoms with E-state index in [9.17, 15) is 4.79 Å². The molecule has 1 amide bonds. The first-order valence-electron chi connectivity index (χ1n) is 6.08. The number of carbonyl (C=O) groups excluding carboxylic acids is 1. The van der Waals surface area contributed by atoms with Gasteiger partial charge in [0.05, 0.1) is 12.4 Å². The lowest BCUT2D eigenvalue weighted by Crippen LogP contribution is -2.32.